The van der Waals surface area contributed by atoms with Crippen LogP contribution in [0.2, 0.25) is 0 Å². The fraction of sp³-hybridized carbons (Fsp3) is 0.409. The summed E-state index contributed by atoms with van der Waals surface area (Å²) in [6.45, 7) is 2.29. The first-order valence-electron chi connectivity index (χ1n) is 9.91. The van der Waals surface area contributed by atoms with Gasteiger partial charge in [0.25, 0.3) is 0 Å². The van der Waals surface area contributed by atoms with Crippen molar-refractivity contribution in [2.24, 2.45) is 11.8 Å². The molecule has 0 amide bonds. The zero-order valence-electron chi connectivity index (χ0n) is 16.2. The van der Waals surface area contributed by atoms with Gasteiger partial charge in [-0.05, 0) is 35.4 Å². The standard InChI is InChI=1S/C22H20O8/c1-11(23)29-22-19-14(20(30-22)12-2-4-15-17(6-12)27-9-25-15)8-24-21(19)13-3-5-16-18(7-13)28-10-26-16/h2-7,14,19-22H,8-10H2,1H3/t14-,19-,20+,21+,22-/m0/s1. The van der Waals surface area contributed by atoms with Gasteiger partial charge in [-0.15, -0.1) is 0 Å². The average molecular weight is 412 g/mol. The first-order valence-corrected chi connectivity index (χ1v) is 9.91. The summed E-state index contributed by atoms with van der Waals surface area (Å²) < 4.78 is 39.9. The van der Waals surface area contributed by atoms with Gasteiger partial charge >= 0.3 is 5.97 Å². The van der Waals surface area contributed by atoms with Gasteiger partial charge in [0.15, 0.2) is 23.0 Å². The number of carbonyl (C=O) groups excluding carboxylic acids is 1. The molecule has 0 saturated carbocycles. The van der Waals surface area contributed by atoms with E-state index in [1.807, 2.05) is 36.4 Å². The molecule has 2 aromatic rings. The van der Waals surface area contributed by atoms with Gasteiger partial charge in [0, 0.05) is 12.8 Å². The maximum Gasteiger partial charge on any atom is 0.304 e. The second-order valence-corrected chi connectivity index (χ2v) is 7.76. The molecule has 8 heteroatoms. The second kappa shape index (κ2) is 6.78. The van der Waals surface area contributed by atoms with Crippen molar-refractivity contribution in [1.29, 1.82) is 0 Å². The maximum atomic E-state index is 11.8. The van der Waals surface area contributed by atoms with Crippen molar-refractivity contribution in [3.8, 4) is 23.0 Å². The van der Waals surface area contributed by atoms with Crippen LogP contribution in [0.25, 0.3) is 0 Å². The Hall–Kier alpha value is -2.97. The molecular weight excluding hydrogens is 392 g/mol. The quantitative estimate of drug-likeness (QED) is 0.712. The van der Waals surface area contributed by atoms with Crippen molar-refractivity contribution in [1.82, 2.24) is 0 Å². The predicted molar refractivity (Wildman–Crippen MR) is 100 cm³/mol. The lowest BCUT2D eigenvalue weighted by molar-refractivity contribution is -0.186. The number of fused-ring (bicyclic) bond motifs is 3. The number of esters is 1. The summed E-state index contributed by atoms with van der Waals surface area (Å²) in [6, 6.07) is 11.5. The monoisotopic (exact) mass is 412 g/mol. The molecule has 0 spiro atoms. The van der Waals surface area contributed by atoms with E-state index in [2.05, 4.69) is 0 Å². The Morgan fingerprint density at radius 3 is 2.10 bits per heavy atom. The number of rotatable bonds is 3. The molecule has 4 aliphatic heterocycles. The summed E-state index contributed by atoms with van der Waals surface area (Å²) in [4.78, 5) is 11.8. The molecule has 0 radical (unpaired) electrons. The van der Waals surface area contributed by atoms with E-state index in [9.17, 15) is 4.79 Å². The highest BCUT2D eigenvalue weighted by Crippen LogP contribution is 2.55. The molecule has 0 N–H and O–H groups in total. The lowest BCUT2D eigenvalue weighted by Gasteiger charge is -2.23. The highest BCUT2D eigenvalue weighted by Gasteiger charge is 2.55. The smallest absolute Gasteiger partial charge is 0.304 e. The first-order chi connectivity index (χ1) is 14.7. The topological polar surface area (TPSA) is 81.7 Å². The van der Waals surface area contributed by atoms with Gasteiger partial charge in [0.2, 0.25) is 19.9 Å². The van der Waals surface area contributed by atoms with Crippen molar-refractivity contribution in [3.05, 3.63) is 47.5 Å². The Bertz CT molecular complexity index is 949. The van der Waals surface area contributed by atoms with Gasteiger partial charge in [0.1, 0.15) is 0 Å². The van der Waals surface area contributed by atoms with Crippen LogP contribution in [-0.4, -0.2) is 32.5 Å². The number of hydrogen-bond donors (Lipinski definition) is 0. The molecule has 0 unspecified atom stereocenters. The normalized spacial score (nSPS) is 30.4. The SMILES string of the molecule is CC(=O)O[C@H]1O[C@H](c2ccc3c(c2)OCO3)[C@H]2CO[C@H](c3ccc4c(c3)OCO4)[C@@H]12. The van der Waals surface area contributed by atoms with Crippen LogP contribution in [-0.2, 0) is 19.0 Å². The van der Waals surface area contributed by atoms with Crippen molar-refractivity contribution < 1.29 is 38.0 Å². The van der Waals surface area contributed by atoms with Crippen molar-refractivity contribution in [2.75, 3.05) is 20.2 Å². The van der Waals surface area contributed by atoms with E-state index in [0.717, 1.165) is 11.1 Å². The number of ether oxygens (including phenoxy) is 7. The molecule has 6 rings (SSSR count). The highest BCUT2D eigenvalue weighted by atomic mass is 16.7. The summed E-state index contributed by atoms with van der Waals surface area (Å²) in [5.41, 5.74) is 1.89. The predicted octanol–water partition coefficient (Wildman–Crippen LogP) is 3.11. The molecule has 4 aliphatic rings. The summed E-state index contributed by atoms with van der Waals surface area (Å²) in [5, 5.41) is 0. The van der Waals surface area contributed by atoms with Gasteiger partial charge in [-0.3, -0.25) is 4.79 Å². The minimum absolute atomic E-state index is 0.0187. The van der Waals surface area contributed by atoms with E-state index in [-0.39, 0.29) is 43.6 Å². The Balaban J connectivity index is 1.33. The summed E-state index contributed by atoms with van der Waals surface area (Å²) in [7, 11) is 0. The molecule has 0 aliphatic carbocycles. The van der Waals surface area contributed by atoms with Crippen molar-refractivity contribution >= 4 is 5.97 Å². The van der Waals surface area contributed by atoms with E-state index >= 15 is 0 Å². The second-order valence-electron chi connectivity index (χ2n) is 7.76. The Morgan fingerprint density at radius 2 is 1.47 bits per heavy atom. The largest absolute Gasteiger partial charge is 0.454 e. The molecule has 5 atom stereocenters. The molecule has 156 valence electrons. The zero-order valence-corrected chi connectivity index (χ0v) is 16.2. The van der Waals surface area contributed by atoms with Crippen LogP contribution < -0.4 is 18.9 Å². The van der Waals surface area contributed by atoms with Gasteiger partial charge in [-0.1, -0.05) is 12.1 Å². The van der Waals surface area contributed by atoms with Crippen LogP contribution in [0, 0.1) is 11.8 Å². The Kier molecular flexibility index (Phi) is 4.04. The zero-order chi connectivity index (χ0) is 20.2. The van der Waals surface area contributed by atoms with E-state index in [1.165, 1.54) is 6.92 Å². The van der Waals surface area contributed by atoms with E-state index in [4.69, 9.17) is 33.2 Å². The molecule has 8 nitrogen and oxygen atoms in total. The van der Waals surface area contributed by atoms with Gasteiger partial charge in [0.05, 0.1) is 24.7 Å². The molecule has 30 heavy (non-hydrogen) atoms. The van der Waals surface area contributed by atoms with Crippen LogP contribution in [0.4, 0.5) is 0 Å². The van der Waals surface area contributed by atoms with E-state index in [0.29, 0.717) is 29.6 Å². The summed E-state index contributed by atoms with van der Waals surface area (Å²) in [6.07, 6.45) is -1.28. The van der Waals surface area contributed by atoms with Crippen LogP contribution in [0.15, 0.2) is 36.4 Å². The molecule has 4 heterocycles. The fourth-order valence-electron chi connectivity index (χ4n) is 4.73. The molecule has 2 saturated heterocycles. The third-order valence-corrected chi connectivity index (χ3v) is 6.03. The molecular formula is C22H20O8. The van der Waals surface area contributed by atoms with Crippen LogP contribution in [0.1, 0.15) is 30.3 Å². The number of hydrogen-bond acceptors (Lipinski definition) is 8. The Morgan fingerprint density at radius 1 is 0.867 bits per heavy atom. The van der Waals surface area contributed by atoms with E-state index in [1.54, 1.807) is 0 Å². The summed E-state index contributed by atoms with van der Waals surface area (Å²) in [5.74, 6) is 2.29. The molecule has 0 aromatic heterocycles. The first kappa shape index (κ1) is 17.9. The lowest BCUT2D eigenvalue weighted by atomic mass is 9.84. The van der Waals surface area contributed by atoms with E-state index < -0.39 is 6.29 Å². The van der Waals surface area contributed by atoms with Crippen LogP contribution in [0.3, 0.4) is 0 Å². The molecule has 2 aromatic carbocycles. The molecule has 2 fully saturated rings. The maximum absolute atomic E-state index is 11.8. The summed E-state index contributed by atoms with van der Waals surface area (Å²) >= 11 is 0. The minimum atomic E-state index is -0.708. The van der Waals surface area contributed by atoms with Crippen molar-refractivity contribution in [2.45, 2.75) is 25.4 Å². The number of carbonyl (C=O) groups is 1. The number of benzene rings is 2. The highest BCUT2D eigenvalue weighted by molar-refractivity contribution is 5.66. The Labute approximate surface area is 172 Å². The lowest BCUT2D eigenvalue weighted by Crippen LogP contribution is -2.27. The van der Waals surface area contributed by atoms with Crippen LogP contribution >= 0.6 is 0 Å². The molecule has 0 bridgehead atoms. The van der Waals surface area contributed by atoms with Crippen LogP contribution in [0.5, 0.6) is 23.0 Å². The average Bonchev–Trinajstić information content (AvgIpc) is 3.51. The minimum Gasteiger partial charge on any atom is -0.454 e. The fourth-order valence-corrected chi connectivity index (χ4v) is 4.73. The van der Waals surface area contributed by atoms with Gasteiger partial charge in [-0.25, -0.2) is 0 Å². The van der Waals surface area contributed by atoms with Crippen molar-refractivity contribution in [3.63, 3.8) is 0 Å². The third-order valence-electron chi connectivity index (χ3n) is 6.03. The van der Waals surface area contributed by atoms with Gasteiger partial charge < -0.3 is 33.2 Å². The third kappa shape index (κ3) is 2.79. The van der Waals surface area contributed by atoms with Gasteiger partial charge in [-0.2, -0.15) is 0 Å².